The van der Waals surface area contributed by atoms with Crippen LogP contribution in [0.2, 0.25) is 0 Å². The van der Waals surface area contributed by atoms with Crippen LogP contribution >= 0.6 is 0 Å². The van der Waals surface area contributed by atoms with Crippen molar-refractivity contribution in [3.63, 3.8) is 0 Å². The molecule has 0 saturated heterocycles. The van der Waals surface area contributed by atoms with Crippen molar-refractivity contribution in [3.8, 4) is 0 Å². The summed E-state index contributed by atoms with van der Waals surface area (Å²) >= 11 is 0. The van der Waals surface area contributed by atoms with Gasteiger partial charge < -0.3 is 10.4 Å². The van der Waals surface area contributed by atoms with E-state index in [9.17, 15) is 5.11 Å². The summed E-state index contributed by atoms with van der Waals surface area (Å²) in [5.41, 5.74) is 2.55. The molecule has 0 amide bonds. The van der Waals surface area contributed by atoms with Crippen molar-refractivity contribution in [1.82, 2.24) is 5.32 Å². The van der Waals surface area contributed by atoms with Gasteiger partial charge in [0.15, 0.2) is 0 Å². The molecule has 1 aromatic carbocycles. The van der Waals surface area contributed by atoms with Crippen LogP contribution in [0, 0.1) is 0 Å². The number of aliphatic hydroxyl groups excluding tert-OH is 1. The maximum Gasteiger partial charge on any atom is 0.0610 e. The predicted octanol–water partition coefficient (Wildman–Crippen LogP) is 2.50. The van der Waals surface area contributed by atoms with Gasteiger partial charge in [-0.15, -0.1) is 0 Å². The lowest BCUT2D eigenvalue weighted by Crippen LogP contribution is -2.44. The highest BCUT2D eigenvalue weighted by Gasteiger charge is 2.19. The normalized spacial score (nSPS) is 14.8. The molecule has 0 bridgehead atoms. The minimum atomic E-state index is -0.166. The van der Waals surface area contributed by atoms with Crippen molar-refractivity contribution < 1.29 is 5.11 Å². The third-order valence-electron chi connectivity index (χ3n) is 3.33. The molecule has 1 aromatic rings. The Morgan fingerprint density at radius 1 is 1.19 bits per heavy atom. The van der Waals surface area contributed by atoms with Gasteiger partial charge in [-0.1, -0.05) is 38.1 Å². The maximum atomic E-state index is 9.33. The second-order valence-electron chi connectivity index (χ2n) is 4.55. The van der Waals surface area contributed by atoms with Crippen LogP contribution in [0.5, 0.6) is 0 Å². The SMILES string of the molecule is CCc1ccccc1CNC(C)(CC)CO. The fourth-order valence-corrected chi connectivity index (χ4v) is 1.68. The standard InChI is InChI=1S/C14H23NO/c1-4-12-8-6-7-9-13(12)10-15-14(3,5-2)11-16/h6-9,15-16H,4-5,10-11H2,1-3H3. The van der Waals surface area contributed by atoms with Crippen molar-refractivity contribution in [1.29, 1.82) is 0 Å². The molecule has 1 unspecified atom stereocenters. The summed E-state index contributed by atoms with van der Waals surface area (Å²) in [6, 6.07) is 8.46. The Kier molecular flexibility index (Phi) is 4.97. The Balaban J connectivity index is 2.67. The number of hydrogen-bond donors (Lipinski definition) is 2. The third-order valence-corrected chi connectivity index (χ3v) is 3.33. The van der Waals surface area contributed by atoms with E-state index in [1.54, 1.807) is 0 Å². The molecule has 1 rings (SSSR count). The molecule has 90 valence electrons. The van der Waals surface area contributed by atoms with E-state index in [1.807, 2.05) is 0 Å². The summed E-state index contributed by atoms with van der Waals surface area (Å²) in [5.74, 6) is 0. The predicted molar refractivity (Wildman–Crippen MR) is 68.4 cm³/mol. The molecular weight excluding hydrogens is 198 g/mol. The van der Waals surface area contributed by atoms with Crippen molar-refractivity contribution in [2.75, 3.05) is 6.61 Å². The van der Waals surface area contributed by atoms with E-state index in [0.29, 0.717) is 0 Å². The number of aliphatic hydroxyl groups is 1. The van der Waals surface area contributed by atoms with Crippen molar-refractivity contribution in [2.24, 2.45) is 0 Å². The van der Waals surface area contributed by atoms with Gasteiger partial charge in [-0.05, 0) is 30.9 Å². The van der Waals surface area contributed by atoms with Crippen LogP contribution in [0.25, 0.3) is 0 Å². The molecule has 0 radical (unpaired) electrons. The maximum absolute atomic E-state index is 9.33. The van der Waals surface area contributed by atoms with E-state index in [-0.39, 0.29) is 12.1 Å². The van der Waals surface area contributed by atoms with Gasteiger partial charge in [0.2, 0.25) is 0 Å². The monoisotopic (exact) mass is 221 g/mol. The molecule has 0 aliphatic carbocycles. The first-order valence-electron chi connectivity index (χ1n) is 6.08. The number of benzene rings is 1. The van der Waals surface area contributed by atoms with E-state index >= 15 is 0 Å². The quantitative estimate of drug-likeness (QED) is 0.773. The fourth-order valence-electron chi connectivity index (χ4n) is 1.68. The minimum absolute atomic E-state index is 0.166. The molecule has 1 atom stereocenters. The molecule has 0 aliphatic heterocycles. The van der Waals surface area contributed by atoms with Crippen LogP contribution in [0.4, 0.5) is 0 Å². The van der Waals surface area contributed by atoms with Crippen LogP contribution in [0.3, 0.4) is 0 Å². The molecule has 0 heterocycles. The zero-order valence-electron chi connectivity index (χ0n) is 10.6. The molecule has 0 fully saturated rings. The Morgan fingerprint density at radius 2 is 1.81 bits per heavy atom. The Hall–Kier alpha value is -0.860. The summed E-state index contributed by atoms with van der Waals surface area (Å²) in [4.78, 5) is 0. The number of nitrogens with one attached hydrogen (secondary N) is 1. The molecule has 2 nitrogen and oxygen atoms in total. The molecule has 16 heavy (non-hydrogen) atoms. The smallest absolute Gasteiger partial charge is 0.0610 e. The summed E-state index contributed by atoms with van der Waals surface area (Å²) in [6.45, 7) is 7.33. The van der Waals surface area contributed by atoms with Gasteiger partial charge in [0, 0.05) is 12.1 Å². The summed E-state index contributed by atoms with van der Waals surface area (Å²) in [7, 11) is 0. The minimum Gasteiger partial charge on any atom is -0.394 e. The number of rotatable bonds is 6. The van der Waals surface area contributed by atoms with Crippen molar-refractivity contribution in [3.05, 3.63) is 35.4 Å². The Morgan fingerprint density at radius 3 is 2.31 bits per heavy atom. The van der Waals surface area contributed by atoms with E-state index in [4.69, 9.17) is 0 Å². The van der Waals surface area contributed by atoms with Gasteiger partial charge >= 0.3 is 0 Å². The van der Waals surface area contributed by atoms with E-state index in [0.717, 1.165) is 19.4 Å². The van der Waals surface area contributed by atoms with Crippen molar-refractivity contribution in [2.45, 2.75) is 45.7 Å². The van der Waals surface area contributed by atoms with E-state index in [1.165, 1.54) is 11.1 Å². The van der Waals surface area contributed by atoms with Crippen LogP contribution in [-0.2, 0) is 13.0 Å². The molecular formula is C14H23NO. The Bertz CT molecular complexity index is 318. The number of hydrogen-bond acceptors (Lipinski definition) is 2. The summed E-state index contributed by atoms with van der Waals surface area (Å²) < 4.78 is 0. The van der Waals surface area contributed by atoms with Gasteiger partial charge in [0.25, 0.3) is 0 Å². The summed E-state index contributed by atoms with van der Waals surface area (Å²) in [6.07, 6.45) is 1.98. The van der Waals surface area contributed by atoms with Gasteiger partial charge in [-0.3, -0.25) is 0 Å². The first-order valence-corrected chi connectivity index (χ1v) is 6.08. The molecule has 0 aliphatic rings. The molecule has 2 N–H and O–H groups in total. The van der Waals surface area contributed by atoms with Crippen LogP contribution < -0.4 is 5.32 Å². The lowest BCUT2D eigenvalue weighted by molar-refractivity contribution is 0.169. The highest BCUT2D eigenvalue weighted by molar-refractivity contribution is 5.27. The summed E-state index contributed by atoms with van der Waals surface area (Å²) in [5, 5.41) is 12.8. The lowest BCUT2D eigenvalue weighted by atomic mass is 9.98. The average Bonchev–Trinajstić information content (AvgIpc) is 2.36. The van der Waals surface area contributed by atoms with E-state index in [2.05, 4.69) is 50.4 Å². The van der Waals surface area contributed by atoms with Crippen LogP contribution in [-0.4, -0.2) is 17.3 Å². The highest BCUT2D eigenvalue weighted by Crippen LogP contribution is 2.13. The van der Waals surface area contributed by atoms with Gasteiger partial charge in [0.05, 0.1) is 6.61 Å². The molecule has 0 aromatic heterocycles. The topological polar surface area (TPSA) is 32.3 Å². The zero-order chi connectivity index (χ0) is 12.0. The van der Waals surface area contributed by atoms with Gasteiger partial charge in [-0.25, -0.2) is 0 Å². The van der Waals surface area contributed by atoms with Crippen molar-refractivity contribution >= 4 is 0 Å². The second-order valence-corrected chi connectivity index (χ2v) is 4.55. The Labute approximate surface area is 98.7 Å². The first-order chi connectivity index (χ1) is 7.65. The third kappa shape index (κ3) is 3.32. The fraction of sp³-hybridized carbons (Fsp3) is 0.571. The average molecular weight is 221 g/mol. The lowest BCUT2D eigenvalue weighted by Gasteiger charge is -2.27. The highest BCUT2D eigenvalue weighted by atomic mass is 16.3. The van der Waals surface area contributed by atoms with Gasteiger partial charge in [-0.2, -0.15) is 0 Å². The van der Waals surface area contributed by atoms with Crippen LogP contribution in [0.15, 0.2) is 24.3 Å². The molecule has 2 heteroatoms. The van der Waals surface area contributed by atoms with Gasteiger partial charge in [0.1, 0.15) is 0 Å². The van der Waals surface area contributed by atoms with Crippen LogP contribution in [0.1, 0.15) is 38.3 Å². The largest absolute Gasteiger partial charge is 0.394 e. The second kappa shape index (κ2) is 6.02. The first kappa shape index (κ1) is 13.2. The van der Waals surface area contributed by atoms with E-state index < -0.39 is 0 Å². The molecule has 0 spiro atoms. The zero-order valence-corrected chi connectivity index (χ0v) is 10.6. The molecule has 0 saturated carbocycles. The number of aryl methyl sites for hydroxylation is 1.